The van der Waals surface area contributed by atoms with Crippen LogP contribution in [0, 0.1) is 0 Å². The molecule has 12 nitrogen and oxygen atoms in total. The number of hydrogen-bond donors (Lipinski definition) is 4. The van der Waals surface area contributed by atoms with Gasteiger partial charge in [-0.2, -0.15) is 0 Å². The van der Waals surface area contributed by atoms with Crippen molar-refractivity contribution in [3.63, 3.8) is 0 Å². The second-order valence-corrected chi connectivity index (χ2v) is 8.31. The van der Waals surface area contributed by atoms with Crippen molar-refractivity contribution < 1.29 is 49.5 Å². The molecule has 216 valence electrons. The van der Waals surface area contributed by atoms with Crippen molar-refractivity contribution in [1.29, 1.82) is 0 Å². The smallest absolute Gasteiger partial charge is 0.862 e. The maximum absolute atomic E-state index is 11.5. The predicted molar refractivity (Wildman–Crippen MR) is 142 cm³/mol. The van der Waals surface area contributed by atoms with Crippen LogP contribution >= 0.6 is 0 Å². The number of carbonyl (C=O) groups is 5. The maximum atomic E-state index is 11.5. The Labute approximate surface area is 259 Å². The molecule has 4 N–H and O–H groups in total. The Hall–Kier alpha value is -2.44. The number of allylic oxidation sites excluding steroid dienone is 2. The minimum Gasteiger partial charge on any atom is -0.862 e. The monoisotopic (exact) mass is 580 g/mol. The van der Waals surface area contributed by atoms with Crippen molar-refractivity contribution in [3.8, 4) is 0 Å². The molecular weight excluding hydrogens is 540 g/mol. The van der Waals surface area contributed by atoms with Crippen molar-refractivity contribution in [2.75, 3.05) is 0 Å². The maximum Gasteiger partial charge on any atom is 2.00 e. The van der Waals surface area contributed by atoms with Crippen molar-refractivity contribution in [3.05, 3.63) is 24.3 Å². The molecule has 0 aromatic heterocycles. The number of rotatable bonds is 20. The Bertz CT molecular complexity index is 828. The molecule has 0 aromatic carbocycles. The third kappa shape index (κ3) is 28.4. The largest absolute Gasteiger partial charge is 2.00 e. The average Bonchev–Trinajstić information content (AvgIpc) is 2.83. The van der Waals surface area contributed by atoms with E-state index in [0.717, 1.165) is 38.5 Å². The number of aliphatic imine (C=N–C) groups is 1. The first-order chi connectivity index (χ1) is 17.9. The first-order valence-electron chi connectivity index (χ1n) is 12.6. The molecular formula is C26H40CaN2O10. The van der Waals surface area contributed by atoms with Crippen LogP contribution in [0.1, 0.15) is 90.9 Å². The molecule has 39 heavy (non-hydrogen) atoms. The van der Waals surface area contributed by atoms with Gasteiger partial charge in [0.2, 0.25) is 5.91 Å². The number of nitrogens with zero attached hydrogens (tertiary/aromatic N) is 1. The van der Waals surface area contributed by atoms with E-state index >= 15 is 0 Å². The van der Waals surface area contributed by atoms with Crippen molar-refractivity contribution in [2.45, 2.75) is 103 Å². The summed E-state index contributed by atoms with van der Waals surface area (Å²) >= 11 is 0. The molecule has 0 radical (unpaired) electrons. The van der Waals surface area contributed by atoms with Gasteiger partial charge in [0.25, 0.3) is 0 Å². The molecule has 0 heterocycles. The zero-order valence-electron chi connectivity index (χ0n) is 22.8. The number of unbranched alkanes of at least 4 members (excludes halogenated alkanes) is 4. The quantitative estimate of drug-likeness (QED) is 0.0527. The third-order valence-corrected chi connectivity index (χ3v) is 4.86. The van der Waals surface area contributed by atoms with Crippen LogP contribution < -0.4 is 15.5 Å². The number of aliphatic carboxylic acids is 4. The van der Waals surface area contributed by atoms with Gasteiger partial charge in [-0.1, -0.05) is 63.8 Å². The molecule has 0 bridgehead atoms. The molecule has 0 fully saturated rings. The van der Waals surface area contributed by atoms with E-state index in [1.807, 2.05) is 12.2 Å². The second kappa shape index (κ2) is 27.1. The Morgan fingerprint density at radius 2 is 1.33 bits per heavy atom. The van der Waals surface area contributed by atoms with Gasteiger partial charge in [0.05, 0.1) is 0 Å². The van der Waals surface area contributed by atoms with Crippen molar-refractivity contribution in [1.82, 2.24) is 5.32 Å². The van der Waals surface area contributed by atoms with Crippen LogP contribution in [0.3, 0.4) is 0 Å². The van der Waals surface area contributed by atoms with Gasteiger partial charge < -0.3 is 35.6 Å². The summed E-state index contributed by atoms with van der Waals surface area (Å²) < 4.78 is 0. The number of carboxylic acids is 4. The first kappa shape index (κ1) is 41.0. The van der Waals surface area contributed by atoms with E-state index in [4.69, 9.17) is 15.3 Å². The number of carbonyl (C=O) groups excluding carboxylic acids is 2. The average molecular weight is 581 g/mol. The van der Waals surface area contributed by atoms with Gasteiger partial charge in [0.15, 0.2) is 0 Å². The van der Waals surface area contributed by atoms with E-state index in [9.17, 15) is 34.2 Å². The molecule has 0 aliphatic carbocycles. The first-order valence-corrected chi connectivity index (χ1v) is 12.6. The summed E-state index contributed by atoms with van der Waals surface area (Å²) in [6.07, 6.45) is 12.2. The van der Waals surface area contributed by atoms with Gasteiger partial charge >= 0.3 is 55.6 Å². The van der Waals surface area contributed by atoms with Gasteiger partial charge in [0.1, 0.15) is 12.1 Å². The van der Waals surface area contributed by atoms with Gasteiger partial charge in [-0.15, -0.1) is 0 Å². The molecule has 0 aliphatic rings. The van der Waals surface area contributed by atoms with Gasteiger partial charge in [-0.05, 0) is 44.4 Å². The Morgan fingerprint density at radius 3 is 1.77 bits per heavy atom. The molecule has 0 unspecified atom stereocenters. The van der Waals surface area contributed by atoms with Crippen molar-refractivity contribution >= 4 is 73.4 Å². The molecule has 0 aromatic rings. The fourth-order valence-electron chi connectivity index (χ4n) is 2.76. The standard InChI is InChI=1S/2C13H21NO5.Ca/c2*1-2-3-4-5-6-7-11(15)14-10(13(18)19)8-9-12(16)17;/h2*5-6,10H,2-4,7-9H2,1H3,(H,14,15)(H,16,17)(H,18,19);/q;;+2/p-2/b2*6-5+;/t2*10-;/m00./s1. The Balaban J connectivity index is -0.000000648. The SMILES string of the molecule is CCCC/C=C/CC(=O)N[C@@H](CCC(=O)O)C(=O)O.CCCC/C=C/CC([O-])=N[C@@H](CCC(=O)[O-])C(=O)O.[Ca+2]. The Kier molecular flexibility index (Phi) is 28.6. The predicted octanol–water partition coefficient (Wildman–Crippen LogP) is 1.04. The zero-order chi connectivity index (χ0) is 29.3. The molecule has 0 saturated carbocycles. The fraction of sp³-hybridized carbons (Fsp3) is 0.615. The van der Waals surface area contributed by atoms with Crippen LogP contribution in [0.2, 0.25) is 0 Å². The van der Waals surface area contributed by atoms with E-state index in [0.29, 0.717) is 0 Å². The minimum absolute atomic E-state index is 0. The number of hydrogen-bond acceptors (Lipinski definition) is 8. The molecule has 0 saturated heterocycles. The Morgan fingerprint density at radius 1 is 0.795 bits per heavy atom. The van der Waals surface area contributed by atoms with E-state index < -0.39 is 54.2 Å². The molecule has 0 aliphatic heterocycles. The van der Waals surface area contributed by atoms with Gasteiger partial charge in [0, 0.05) is 18.8 Å². The zero-order valence-corrected chi connectivity index (χ0v) is 25.0. The van der Waals surface area contributed by atoms with Gasteiger partial charge in [-0.3, -0.25) is 14.6 Å². The molecule has 13 heteroatoms. The van der Waals surface area contributed by atoms with Crippen LogP contribution in [0.4, 0.5) is 0 Å². The number of carboxylic acid groups (broad SMARTS) is 4. The minimum atomic E-state index is -1.35. The van der Waals surface area contributed by atoms with Crippen LogP contribution in [0.25, 0.3) is 0 Å². The van der Waals surface area contributed by atoms with Crippen LogP contribution in [0.15, 0.2) is 29.3 Å². The molecule has 0 spiro atoms. The van der Waals surface area contributed by atoms with Crippen LogP contribution in [-0.4, -0.2) is 101 Å². The third-order valence-electron chi connectivity index (χ3n) is 4.86. The van der Waals surface area contributed by atoms with Crippen LogP contribution in [-0.2, 0) is 24.0 Å². The molecule has 0 rings (SSSR count). The summed E-state index contributed by atoms with van der Waals surface area (Å²) in [7, 11) is 0. The van der Waals surface area contributed by atoms with Gasteiger partial charge in [-0.25, -0.2) is 9.59 Å². The summed E-state index contributed by atoms with van der Waals surface area (Å²) in [5.41, 5.74) is 0. The summed E-state index contributed by atoms with van der Waals surface area (Å²) in [4.78, 5) is 57.2. The summed E-state index contributed by atoms with van der Waals surface area (Å²) in [5, 5.41) is 50.1. The van der Waals surface area contributed by atoms with E-state index in [2.05, 4.69) is 24.2 Å². The summed E-state index contributed by atoms with van der Waals surface area (Å²) in [6, 6.07) is -2.46. The fourth-order valence-corrected chi connectivity index (χ4v) is 2.76. The van der Waals surface area contributed by atoms with E-state index in [-0.39, 0.29) is 69.8 Å². The topological polar surface area (TPSA) is 217 Å². The van der Waals surface area contributed by atoms with E-state index in [1.54, 1.807) is 12.2 Å². The summed E-state index contributed by atoms with van der Waals surface area (Å²) in [5.74, 6) is -5.92. The number of amides is 1. The summed E-state index contributed by atoms with van der Waals surface area (Å²) in [6.45, 7) is 4.13. The second-order valence-electron chi connectivity index (χ2n) is 8.31. The van der Waals surface area contributed by atoms with E-state index in [1.165, 1.54) is 0 Å². The molecule has 2 atom stereocenters. The molecule has 1 amide bonds. The number of nitrogens with one attached hydrogen (secondary N) is 1. The van der Waals surface area contributed by atoms with Crippen molar-refractivity contribution in [2.24, 2.45) is 4.99 Å². The van der Waals surface area contributed by atoms with Crippen LogP contribution in [0.5, 0.6) is 0 Å². The normalized spacial score (nSPS) is 12.6.